The molecule has 0 aromatic heterocycles. The van der Waals surface area contributed by atoms with Crippen LogP contribution in [0.4, 0.5) is 0 Å². The molecule has 86 valence electrons. The zero-order valence-electron chi connectivity index (χ0n) is 8.47. The van der Waals surface area contributed by atoms with Crippen LogP contribution < -0.4 is 5.32 Å². The van der Waals surface area contributed by atoms with Gasteiger partial charge in [0.15, 0.2) is 0 Å². The van der Waals surface area contributed by atoms with Crippen LogP contribution in [0, 0.1) is 0 Å². The molecule has 1 atom stereocenters. The molecule has 6 heteroatoms. The van der Waals surface area contributed by atoms with E-state index in [1.165, 1.54) is 19.1 Å². The molecule has 6 nitrogen and oxygen atoms in total. The molecule has 0 bridgehead atoms. The number of carbonyl (C=O) groups is 2. The minimum Gasteiger partial charge on any atom is -0.508 e. The fourth-order valence-corrected chi connectivity index (χ4v) is 1.05. The van der Waals surface area contributed by atoms with Crippen molar-refractivity contribution in [3.8, 4) is 11.5 Å². The van der Waals surface area contributed by atoms with Gasteiger partial charge in [-0.3, -0.25) is 9.59 Å². The molecule has 1 rings (SSSR count). The Morgan fingerprint density at radius 2 is 1.94 bits per heavy atom. The molecule has 0 aliphatic rings. The fourth-order valence-electron chi connectivity index (χ4n) is 1.05. The number of nitrogens with one attached hydrogen (secondary N) is 1. The molecule has 0 radical (unpaired) electrons. The van der Waals surface area contributed by atoms with Crippen molar-refractivity contribution in [2.75, 3.05) is 0 Å². The zero-order valence-corrected chi connectivity index (χ0v) is 8.47. The van der Waals surface area contributed by atoms with Crippen LogP contribution in [0.1, 0.15) is 17.3 Å². The number of aliphatic carboxylic acids is 1. The van der Waals surface area contributed by atoms with Gasteiger partial charge in [0.05, 0.1) is 5.56 Å². The average molecular weight is 225 g/mol. The highest BCUT2D eigenvalue weighted by Crippen LogP contribution is 2.22. The quantitative estimate of drug-likeness (QED) is 0.592. The fraction of sp³-hybridized carbons (Fsp3) is 0.200. The molecule has 4 N–H and O–H groups in total. The van der Waals surface area contributed by atoms with Gasteiger partial charge in [-0.1, -0.05) is 0 Å². The minimum absolute atomic E-state index is 0.0918. The van der Waals surface area contributed by atoms with Crippen LogP contribution in [-0.2, 0) is 4.79 Å². The van der Waals surface area contributed by atoms with Crippen LogP contribution in [0.3, 0.4) is 0 Å². The lowest BCUT2D eigenvalue weighted by atomic mass is 10.1. The molecule has 0 fully saturated rings. The topological polar surface area (TPSA) is 107 Å². The molecule has 0 aliphatic heterocycles. The molecule has 16 heavy (non-hydrogen) atoms. The summed E-state index contributed by atoms with van der Waals surface area (Å²) in [4.78, 5) is 22.0. The lowest BCUT2D eigenvalue weighted by Crippen LogP contribution is -2.38. The van der Waals surface area contributed by atoms with E-state index in [1.807, 2.05) is 0 Å². The van der Waals surface area contributed by atoms with Gasteiger partial charge < -0.3 is 20.6 Å². The Bertz CT molecular complexity index is 429. The highest BCUT2D eigenvalue weighted by molar-refractivity contribution is 5.98. The molecular weight excluding hydrogens is 214 g/mol. The third-order valence-electron chi connectivity index (χ3n) is 1.94. The summed E-state index contributed by atoms with van der Waals surface area (Å²) in [6.07, 6.45) is 0. The van der Waals surface area contributed by atoms with E-state index < -0.39 is 23.7 Å². The Morgan fingerprint density at radius 1 is 1.31 bits per heavy atom. The predicted octanol–water partition coefficient (Wildman–Crippen LogP) is 0.301. The smallest absolute Gasteiger partial charge is 0.325 e. The number of hydrogen-bond acceptors (Lipinski definition) is 4. The van der Waals surface area contributed by atoms with Crippen LogP contribution in [0.25, 0.3) is 0 Å². The largest absolute Gasteiger partial charge is 0.508 e. The van der Waals surface area contributed by atoms with Crippen molar-refractivity contribution in [2.24, 2.45) is 0 Å². The normalized spacial score (nSPS) is 11.8. The van der Waals surface area contributed by atoms with Crippen molar-refractivity contribution in [2.45, 2.75) is 13.0 Å². The summed E-state index contributed by atoms with van der Waals surface area (Å²) < 4.78 is 0. The van der Waals surface area contributed by atoms with E-state index in [2.05, 4.69) is 5.32 Å². The van der Waals surface area contributed by atoms with Crippen LogP contribution >= 0.6 is 0 Å². The summed E-state index contributed by atoms with van der Waals surface area (Å²) in [5.74, 6) is -2.48. The van der Waals surface area contributed by atoms with Gasteiger partial charge in [0.25, 0.3) is 5.91 Å². The molecular formula is C10H11NO5. The first-order valence-electron chi connectivity index (χ1n) is 4.47. The molecule has 0 heterocycles. The number of carbonyl (C=O) groups excluding carboxylic acids is 1. The highest BCUT2D eigenvalue weighted by atomic mass is 16.4. The first-order valence-corrected chi connectivity index (χ1v) is 4.47. The Labute approximate surface area is 91.1 Å². The second-order valence-corrected chi connectivity index (χ2v) is 3.23. The van der Waals surface area contributed by atoms with Crippen molar-refractivity contribution in [1.82, 2.24) is 5.32 Å². The number of phenolic OH excluding ortho intramolecular Hbond substituents is 2. The predicted molar refractivity (Wildman–Crippen MR) is 54.3 cm³/mol. The second-order valence-electron chi connectivity index (χ2n) is 3.23. The molecule has 1 aromatic rings. The number of amides is 1. The molecule has 0 unspecified atom stereocenters. The van der Waals surface area contributed by atoms with E-state index in [0.717, 1.165) is 6.07 Å². The Balaban J connectivity index is 2.85. The van der Waals surface area contributed by atoms with Crippen LogP contribution in [0.2, 0.25) is 0 Å². The number of phenols is 2. The summed E-state index contributed by atoms with van der Waals surface area (Å²) in [5.41, 5.74) is -0.0918. The van der Waals surface area contributed by atoms with E-state index in [0.29, 0.717) is 0 Å². The lowest BCUT2D eigenvalue weighted by molar-refractivity contribution is -0.138. The summed E-state index contributed by atoms with van der Waals surface area (Å²) in [5, 5.41) is 29.1. The van der Waals surface area contributed by atoms with Gasteiger partial charge in [-0.05, 0) is 19.1 Å². The summed E-state index contributed by atoms with van der Waals surface area (Å²) in [6, 6.07) is 2.37. The molecule has 1 aromatic carbocycles. The maximum atomic E-state index is 11.5. The average Bonchev–Trinajstić information content (AvgIpc) is 2.16. The number of hydrogen-bond donors (Lipinski definition) is 4. The lowest BCUT2D eigenvalue weighted by Gasteiger charge is -2.10. The van der Waals surface area contributed by atoms with E-state index >= 15 is 0 Å². The van der Waals surface area contributed by atoms with Crippen LogP contribution in [-0.4, -0.2) is 33.2 Å². The zero-order chi connectivity index (χ0) is 12.3. The first-order chi connectivity index (χ1) is 7.41. The summed E-state index contributed by atoms with van der Waals surface area (Å²) in [7, 11) is 0. The van der Waals surface area contributed by atoms with Crippen molar-refractivity contribution >= 4 is 11.9 Å². The maximum Gasteiger partial charge on any atom is 0.325 e. The number of carboxylic acid groups (broad SMARTS) is 1. The number of aromatic hydroxyl groups is 2. The molecule has 0 aliphatic carbocycles. The highest BCUT2D eigenvalue weighted by Gasteiger charge is 2.17. The van der Waals surface area contributed by atoms with Crippen molar-refractivity contribution < 1.29 is 24.9 Å². The van der Waals surface area contributed by atoms with Gasteiger partial charge in [-0.2, -0.15) is 0 Å². The number of benzene rings is 1. The van der Waals surface area contributed by atoms with Crippen molar-refractivity contribution in [1.29, 1.82) is 0 Å². The first kappa shape index (κ1) is 11.8. The van der Waals surface area contributed by atoms with Crippen molar-refractivity contribution in [3.05, 3.63) is 23.8 Å². The molecule has 0 saturated carbocycles. The van der Waals surface area contributed by atoms with Crippen LogP contribution in [0.15, 0.2) is 18.2 Å². The van der Waals surface area contributed by atoms with Gasteiger partial charge >= 0.3 is 5.97 Å². The summed E-state index contributed by atoms with van der Waals surface area (Å²) in [6.45, 7) is 1.30. The standard InChI is InChI=1S/C10H11NO5/c1-5(10(15)16)11-9(14)7-3-2-6(12)4-8(7)13/h2-5,12-13H,1H3,(H,11,14)(H,15,16)/t5-/m1/s1. The third-order valence-corrected chi connectivity index (χ3v) is 1.94. The van der Waals surface area contributed by atoms with E-state index in [4.69, 9.17) is 10.2 Å². The van der Waals surface area contributed by atoms with E-state index in [9.17, 15) is 14.7 Å². The molecule has 0 spiro atoms. The maximum absolute atomic E-state index is 11.5. The van der Waals surface area contributed by atoms with E-state index in [1.54, 1.807) is 0 Å². The monoisotopic (exact) mass is 225 g/mol. The van der Waals surface area contributed by atoms with Crippen molar-refractivity contribution in [3.63, 3.8) is 0 Å². The third kappa shape index (κ3) is 2.63. The van der Waals surface area contributed by atoms with Gasteiger partial charge in [-0.15, -0.1) is 0 Å². The van der Waals surface area contributed by atoms with Gasteiger partial charge in [0.2, 0.25) is 0 Å². The van der Waals surface area contributed by atoms with Gasteiger partial charge in [0.1, 0.15) is 17.5 Å². The Hall–Kier alpha value is -2.24. The minimum atomic E-state index is -1.17. The van der Waals surface area contributed by atoms with Gasteiger partial charge in [0, 0.05) is 6.07 Å². The van der Waals surface area contributed by atoms with Crippen LogP contribution in [0.5, 0.6) is 11.5 Å². The Kier molecular flexibility index (Phi) is 3.34. The molecule has 1 amide bonds. The SMILES string of the molecule is C[C@@H](NC(=O)c1ccc(O)cc1O)C(=O)O. The second kappa shape index (κ2) is 4.52. The van der Waals surface area contributed by atoms with Gasteiger partial charge in [-0.25, -0.2) is 0 Å². The number of carboxylic acids is 1. The molecule has 0 saturated heterocycles. The summed E-state index contributed by atoms with van der Waals surface area (Å²) >= 11 is 0. The Morgan fingerprint density at radius 3 is 2.44 bits per heavy atom. The number of rotatable bonds is 3. The van der Waals surface area contributed by atoms with E-state index in [-0.39, 0.29) is 11.3 Å².